The standard InChI is InChI=1S/C36H37N3O8/c1-38(2)28(41)18-17-23-11-9-10-12-24(23)22-39-31-33(42)44-27-21-35(31,34(43)37-19-20-40)32(47-39)30-29(27)45-36(46-30,25-13-5-3-6-14-25)26-15-7-4-8-16-26/h3-18,27,29-32,40H,19-22H2,1-2H3,(H,37,43). The van der Waals surface area contributed by atoms with Crippen LogP contribution >= 0.6 is 0 Å². The Kier molecular flexibility index (Phi) is 8.19. The lowest BCUT2D eigenvalue weighted by Gasteiger charge is -2.48. The molecule has 0 aromatic heterocycles. The zero-order chi connectivity index (χ0) is 32.8. The molecule has 3 aromatic carbocycles. The average molecular weight is 640 g/mol. The number of carbonyl (C=O) groups is 3. The minimum absolute atomic E-state index is 0.0106. The third kappa shape index (κ3) is 5.15. The van der Waals surface area contributed by atoms with Crippen molar-refractivity contribution in [3.8, 4) is 0 Å². The summed E-state index contributed by atoms with van der Waals surface area (Å²) in [5, 5.41) is 13.9. The highest BCUT2D eigenvalue weighted by molar-refractivity contribution is 5.94. The van der Waals surface area contributed by atoms with Crippen molar-refractivity contribution in [1.29, 1.82) is 0 Å². The summed E-state index contributed by atoms with van der Waals surface area (Å²) in [6.45, 7) is -0.137. The number of benzene rings is 3. The second kappa shape index (κ2) is 12.3. The van der Waals surface area contributed by atoms with Gasteiger partial charge in [0.15, 0.2) is 6.04 Å². The molecule has 0 spiro atoms. The number of aliphatic hydroxyl groups is 1. The average Bonchev–Trinajstić information content (AvgIpc) is 3.67. The van der Waals surface area contributed by atoms with Gasteiger partial charge < -0.3 is 29.5 Å². The number of nitrogens with zero attached hydrogens (tertiary/aromatic N) is 2. The molecular weight excluding hydrogens is 602 g/mol. The summed E-state index contributed by atoms with van der Waals surface area (Å²) in [5.41, 5.74) is 1.64. The maximum absolute atomic E-state index is 14.2. The van der Waals surface area contributed by atoms with Gasteiger partial charge in [-0.05, 0) is 17.2 Å². The number of rotatable bonds is 9. The van der Waals surface area contributed by atoms with Crippen LogP contribution in [0.15, 0.2) is 91.0 Å². The second-order valence-electron chi connectivity index (χ2n) is 12.5. The van der Waals surface area contributed by atoms with Crippen LogP contribution in [0.4, 0.5) is 0 Å². The molecule has 4 fully saturated rings. The van der Waals surface area contributed by atoms with Gasteiger partial charge in [-0.3, -0.25) is 19.2 Å². The number of carbonyl (C=O) groups excluding carboxylic acids is 3. The Morgan fingerprint density at radius 3 is 2.26 bits per heavy atom. The predicted molar refractivity (Wildman–Crippen MR) is 169 cm³/mol. The number of hydrogen-bond acceptors (Lipinski definition) is 9. The van der Waals surface area contributed by atoms with E-state index in [9.17, 15) is 19.5 Å². The molecule has 2 N–H and O–H groups in total. The van der Waals surface area contributed by atoms with E-state index in [1.165, 1.54) is 16.0 Å². The van der Waals surface area contributed by atoms with Crippen LogP contribution in [0, 0.1) is 5.41 Å². The molecule has 1 saturated carbocycles. The van der Waals surface area contributed by atoms with Crippen LogP contribution in [-0.4, -0.2) is 90.6 Å². The number of esters is 1. The van der Waals surface area contributed by atoms with E-state index in [1.54, 1.807) is 20.2 Å². The van der Waals surface area contributed by atoms with Gasteiger partial charge in [-0.25, -0.2) is 0 Å². The highest BCUT2D eigenvalue weighted by atomic mass is 16.8. The lowest BCUT2D eigenvalue weighted by Crippen LogP contribution is -2.69. The second-order valence-corrected chi connectivity index (χ2v) is 12.5. The van der Waals surface area contributed by atoms with Crippen LogP contribution in [0.2, 0.25) is 0 Å². The summed E-state index contributed by atoms with van der Waals surface area (Å²) in [6, 6.07) is 25.5. The number of ether oxygens (including phenoxy) is 3. The first-order valence-electron chi connectivity index (χ1n) is 15.8. The molecule has 3 heterocycles. The molecule has 47 heavy (non-hydrogen) atoms. The van der Waals surface area contributed by atoms with Gasteiger partial charge in [-0.2, -0.15) is 5.06 Å². The van der Waals surface area contributed by atoms with Crippen molar-refractivity contribution in [3.05, 3.63) is 113 Å². The molecular formula is C36H37N3O8. The summed E-state index contributed by atoms with van der Waals surface area (Å²) in [7, 11) is 3.35. The van der Waals surface area contributed by atoms with Gasteiger partial charge >= 0.3 is 5.97 Å². The maximum Gasteiger partial charge on any atom is 0.327 e. The highest BCUT2D eigenvalue weighted by Gasteiger charge is 2.76. The molecule has 3 aromatic rings. The molecule has 0 radical (unpaired) electrons. The van der Waals surface area contributed by atoms with E-state index in [0.717, 1.165) is 22.3 Å². The molecule has 1 aliphatic carbocycles. The largest absolute Gasteiger partial charge is 0.458 e. The number of likely N-dealkylation sites (N-methyl/N-ethyl adjacent to an activating group) is 1. The van der Waals surface area contributed by atoms with Crippen LogP contribution in [-0.2, 0) is 45.8 Å². The molecule has 4 aliphatic rings. The molecule has 2 amide bonds. The highest BCUT2D eigenvalue weighted by Crippen LogP contribution is 2.59. The van der Waals surface area contributed by atoms with E-state index in [2.05, 4.69) is 5.32 Å². The Bertz CT molecular complexity index is 1640. The molecule has 7 rings (SSSR count). The lowest BCUT2D eigenvalue weighted by molar-refractivity contribution is -0.213. The molecule has 6 atom stereocenters. The third-order valence-corrected chi connectivity index (χ3v) is 9.51. The Morgan fingerprint density at radius 1 is 0.957 bits per heavy atom. The first-order chi connectivity index (χ1) is 22.8. The van der Waals surface area contributed by atoms with Gasteiger partial charge in [0, 0.05) is 44.3 Å². The molecule has 11 heteroatoms. The number of hydrogen-bond donors (Lipinski definition) is 2. The zero-order valence-electron chi connectivity index (χ0n) is 26.2. The fourth-order valence-corrected chi connectivity index (χ4v) is 7.34. The van der Waals surface area contributed by atoms with Crippen LogP contribution in [0.1, 0.15) is 28.7 Å². The van der Waals surface area contributed by atoms with Crippen LogP contribution < -0.4 is 5.32 Å². The Labute approximate surface area is 272 Å². The van der Waals surface area contributed by atoms with Crippen LogP contribution in [0.5, 0.6) is 0 Å². The first-order valence-corrected chi connectivity index (χ1v) is 15.8. The minimum atomic E-state index is -1.39. The quantitative estimate of drug-likeness (QED) is 0.268. The molecule has 244 valence electrons. The number of aliphatic hydroxyl groups excluding tert-OH is 1. The number of fused-ring (bicyclic) bond motifs is 4. The summed E-state index contributed by atoms with van der Waals surface area (Å²) in [4.78, 5) is 48.6. The van der Waals surface area contributed by atoms with E-state index in [-0.39, 0.29) is 32.0 Å². The zero-order valence-corrected chi connectivity index (χ0v) is 26.2. The monoisotopic (exact) mass is 639 g/mol. The van der Waals surface area contributed by atoms with Crippen LogP contribution in [0.25, 0.3) is 6.08 Å². The summed E-state index contributed by atoms with van der Waals surface area (Å²) in [5.74, 6) is -2.55. The Balaban J connectivity index is 1.30. The molecule has 6 unspecified atom stereocenters. The van der Waals surface area contributed by atoms with Crippen molar-refractivity contribution >= 4 is 23.9 Å². The van der Waals surface area contributed by atoms with Crippen LogP contribution in [0.3, 0.4) is 0 Å². The fraction of sp³-hybridized carbons (Fsp3) is 0.361. The SMILES string of the molecule is CN(C)C(=O)C=Cc1ccccc1CN1OC2C3OC(c4ccccc4)(c4ccccc4)OC3C3CC2(C(=O)NCCO)C1C(=O)O3. The smallest absolute Gasteiger partial charge is 0.327 e. The molecule has 2 bridgehead atoms. The Morgan fingerprint density at radius 2 is 1.60 bits per heavy atom. The summed E-state index contributed by atoms with van der Waals surface area (Å²) < 4.78 is 19.9. The van der Waals surface area contributed by atoms with Gasteiger partial charge in [-0.1, -0.05) is 84.9 Å². The van der Waals surface area contributed by atoms with Gasteiger partial charge in [0.1, 0.15) is 29.8 Å². The number of amides is 2. The lowest BCUT2D eigenvalue weighted by atomic mass is 9.62. The fourth-order valence-electron chi connectivity index (χ4n) is 7.34. The van der Waals surface area contributed by atoms with Crippen molar-refractivity contribution < 1.29 is 38.5 Å². The van der Waals surface area contributed by atoms with Gasteiger partial charge in [0.05, 0.1) is 13.2 Å². The van der Waals surface area contributed by atoms with E-state index in [4.69, 9.17) is 19.0 Å². The predicted octanol–water partition coefficient (Wildman–Crippen LogP) is 2.38. The normalized spacial score (nSPS) is 28.9. The van der Waals surface area contributed by atoms with E-state index >= 15 is 0 Å². The van der Waals surface area contributed by atoms with E-state index in [0.29, 0.717) is 0 Å². The van der Waals surface area contributed by atoms with Crippen molar-refractivity contribution in [2.75, 3.05) is 27.2 Å². The van der Waals surface area contributed by atoms with Gasteiger partial charge in [-0.15, -0.1) is 0 Å². The number of hydroxylamine groups is 2. The molecule has 3 saturated heterocycles. The van der Waals surface area contributed by atoms with E-state index in [1.807, 2.05) is 84.9 Å². The van der Waals surface area contributed by atoms with E-state index < -0.39 is 53.5 Å². The van der Waals surface area contributed by atoms with Crippen molar-refractivity contribution in [2.45, 2.75) is 49.2 Å². The van der Waals surface area contributed by atoms with Crippen molar-refractivity contribution in [3.63, 3.8) is 0 Å². The molecule has 11 nitrogen and oxygen atoms in total. The van der Waals surface area contributed by atoms with Crippen molar-refractivity contribution in [1.82, 2.24) is 15.3 Å². The topological polar surface area (TPSA) is 127 Å². The first kappa shape index (κ1) is 31.2. The Hall–Kier alpha value is -4.39. The van der Waals surface area contributed by atoms with Gasteiger partial charge in [0.25, 0.3) is 0 Å². The molecule has 3 aliphatic heterocycles. The summed E-state index contributed by atoms with van der Waals surface area (Å²) >= 11 is 0. The minimum Gasteiger partial charge on any atom is -0.458 e. The maximum atomic E-state index is 14.2. The third-order valence-electron chi connectivity index (χ3n) is 9.51. The van der Waals surface area contributed by atoms with Gasteiger partial charge in [0.2, 0.25) is 17.6 Å². The summed E-state index contributed by atoms with van der Waals surface area (Å²) in [6.07, 6.45) is 0.0904. The van der Waals surface area contributed by atoms with Crippen molar-refractivity contribution in [2.24, 2.45) is 5.41 Å². The number of nitrogens with one attached hydrogen (secondary N) is 1.